The Balaban J connectivity index is 1.57. The first-order valence-corrected chi connectivity index (χ1v) is 13.9. The fraction of sp³-hybridized carbons (Fsp3) is 0.667. The molecule has 2 N–H and O–H groups in total. The molecule has 34 heavy (non-hydrogen) atoms. The molecule has 1 saturated heterocycles. The summed E-state index contributed by atoms with van der Waals surface area (Å²) in [6, 6.07) is 0. The largest absolute Gasteiger partial charge is 0.480 e. The number of nitrogens with one attached hydrogen (secondary N) is 1. The van der Waals surface area contributed by atoms with E-state index in [4.69, 9.17) is 9.72 Å². The molecule has 1 fully saturated rings. The van der Waals surface area contributed by atoms with E-state index in [9.17, 15) is 9.90 Å². The number of nitrogens with zero attached hydrogens (tertiary/aromatic N) is 4. The normalized spacial score (nSPS) is 14.4. The molecule has 10 heteroatoms. The molecule has 3 rings (SSSR count). The van der Waals surface area contributed by atoms with Crippen molar-refractivity contribution in [3.8, 4) is 0 Å². The van der Waals surface area contributed by atoms with Gasteiger partial charge in [0, 0.05) is 31.4 Å². The average Bonchev–Trinajstić information content (AvgIpc) is 3.26. The minimum atomic E-state index is -0.892. The molecule has 0 aliphatic carbocycles. The summed E-state index contributed by atoms with van der Waals surface area (Å²) in [6.07, 6.45) is 9.82. The van der Waals surface area contributed by atoms with Gasteiger partial charge in [-0.2, -0.15) is 0 Å². The molecule has 1 aliphatic rings. The second-order valence-electron chi connectivity index (χ2n) is 8.99. The van der Waals surface area contributed by atoms with E-state index < -0.39 is 10.7 Å². The first-order valence-electron chi connectivity index (χ1n) is 12.2. The third-order valence-corrected chi connectivity index (χ3v) is 7.94. The van der Waals surface area contributed by atoms with Gasteiger partial charge in [0.15, 0.2) is 4.34 Å². The van der Waals surface area contributed by atoms with Crippen molar-refractivity contribution in [3.63, 3.8) is 0 Å². The number of aryl methyl sites for hydroxylation is 1. The van der Waals surface area contributed by atoms with Crippen molar-refractivity contribution in [1.29, 1.82) is 0 Å². The van der Waals surface area contributed by atoms with Gasteiger partial charge in [-0.25, -0.2) is 15.0 Å². The van der Waals surface area contributed by atoms with E-state index in [1.165, 1.54) is 48.8 Å². The molecule has 0 saturated carbocycles. The molecule has 0 bridgehead atoms. The van der Waals surface area contributed by atoms with Crippen LogP contribution in [-0.2, 0) is 22.4 Å². The highest BCUT2D eigenvalue weighted by Gasteiger charge is 2.29. The summed E-state index contributed by atoms with van der Waals surface area (Å²) in [5.74, 6) is -0.188. The number of thioether (sulfide) groups is 1. The molecular weight excluding hydrogens is 470 g/mol. The van der Waals surface area contributed by atoms with E-state index in [1.807, 2.05) is 11.6 Å². The molecule has 1 aliphatic heterocycles. The van der Waals surface area contributed by atoms with Crippen LogP contribution in [0, 0.1) is 0 Å². The summed E-state index contributed by atoms with van der Waals surface area (Å²) < 4.78 is 5.40. The maximum Gasteiger partial charge on any atom is 0.319 e. The van der Waals surface area contributed by atoms with Gasteiger partial charge in [0.25, 0.3) is 0 Å². The Morgan fingerprint density at radius 2 is 1.97 bits per heavy atom. The van der Waals surface area contributed by atoms with Gasteiger partial charge in [-0.3, -0.25) is 4.79 Å². The zero-order chi connectivity index (χ0) is 24.4. The van der Waals surface area contributed by atoms with Crippen LogP contribution in [0.3, 0.4) is 0 Å². The maximum absolute atomic E-state index is 11.3. The highest BCUT2D eigenvalue weighted by atomic mass is 32.2. The molecule has 8 nitrogen and oxygen atoms in total. The molecule has 0 spiro atoms. The number of anilines is 2. The fourth-order valence-corrected chi connectivity index (χ4v) is 5.88. The molecule has 0 atom stereocenters. The topological polar surface area (TPSA) is 100 Å². The highest BCUT2D eigenvalue weighted by molar-refractivity contribution is 8.02. The summed E-state index contributed by atoms with van der Waals surface area (Å²) in [4.78, 5) is 27.7. The zero-order valence-corrected chi connectivity index (χ0v) is 22.1. The number of hydrogen-bond donors (Lipinski definition) is 2. The van der Waals surface area contributed by atoms with E-state index in [0.29, 0.717) is 12.5 Å². The van der Waals surface area contributed by atoms with Crippen molar-refractivity contribution in [2.75, 3.05) is 43.1 Å². The van der Waals surface area contributed by atoms with Crippen LogP contribution in [0.2, 0.25) is 0 Å². The number of morpholine rings is 1. The smallest absolute Gasteiger partial charge is 0.319 e. The summed E-state index contributed by atoms with van der Waals surface area (Å²) in [6.45, 7) is 9.54. The van der Waals surface area contributed by atoms with Crippen molar-refractivity contribution >= 4 is 40.7 Å². The van der Waals surface area contributed by atoms with Crippen LogP contribution >= 0.6 is 23.1 Å². The number of carboxylic acids is 1. The van der Waals surface area contributed by atoms with Crippen LogP contribution in [0.4, 0.5) is 11.6 Å². The van der Waals surface area contributed by atoms with Crippen LogP contribution in [0.25, 0.3) is 0 Å². The Morgan fingerprint density at radius 1 is 1.21 bits per heavy atom. The number of hydrogen-bond acceptors (Lipinski definition) is 9. The minimum Gasteiger partial charge on any atom is -0.480 e. The number of ether oxygens (including phenoxy) is 1. The number of thiazole rings is 1. The molecule has 188 valence electrons. The Bertz CT molecular complexity index is 916. The molecule has 0 unspecified atom stereocenters. The Kier molecular flexibility index (Phi) is 10.4. The quantitative estimate of drug-likeness (QED) is 0.273. The minimum absolute atomic E-state index is 0.650. The van der Waals surface area contributed by atoms with Crippen LogP contribution in [0.5, 0.6) is 0 Å². The Labute approximate surface area is 210 Å². The van der Waals surface area contributed by atoms with Crippen molar-refractivity contribution in [2.45, 2.75) is 74.8 Å². The van der Waals surface area contributed by atoms with Crippen molar-refractivity contribution in [2.24, 2.45) is 0 Å². The molecule has 2 aromatic heterocycles. The van der Waals surface area contributed by atoms with E-state index in [1.54, 1.807) is 13.8 Å². The highest BCUT2D eigenvalue weighted by Crippen LogP contribution is 2.34. The number of aliphatic carboxylic acids is 1. The molecule has 0 amide bonds. The molecule has 0 radical (unpaired) electrons. The Hall–Kier alpha value is -1.91. The van der Waals surface area contributed by atoms with Crippen molar-refractivity contribution in [1.82, 2.24) is 15.0 Å². The van der Waals surface area contributed by atoms with Crippen LogP contribution in [-0.4, -0.2) is 63.6 Å². The van der Waals surface area contributed by atoms with Crippen LogP contribution in [0.1, 0.15) is 64.3 Å². The molecule has 0 aromatic carbocycles. The third kappa shape index (κ3) is 8.09. The lowest BCUT2D eigenvalue weighted by Gasteiger charge is -2.30. The van der Waals surface area contributed by atoms with E-state index in [-0.39, 0.29) is 0 Å². The summed E-state index contributed by atoms with van der Waals surface area (Å²) in [5.41, 5.74) is 3.19. The molecular formula is C24H37N5O3S2. The standard InChI is InChI=1S/C24H37N5O3S2/c1-4-5-6-7-8-9-19-20(29-12-14-32-15-13-29)16-26-22(28-19)25-11-10-18-17-33-23(27-18)34-24(2,3)21(30)31/h16-17H,4-15H2,1-3H3,(H,30,31)(H,25,26,28). The van der Waals surface area contributed by atoms with Crippen molar-refractivity contribution < 1.29 is 14.6 Å². The SMILES string of the molecule is CCCCCCCc1nc(NCCc2csc(SC(C)(C)C(=O)O)n2)ncc1N1CCOCC1. The lowest BCUT2D eigenvalue weighted by molar-refractivity contribution is -0.138. The van der Waals surface area contributed by atoms with Gasteiger partial charge in [0.2, 0.25) is 5.95 Å². The van der Waals surface area contributed by atoms with Crippen LogP contribution in [0.15, 0.2) is 15.9 Å². The van der Waals surface area contributed by atoms with Gasteiger partial charge in [0.1, 0.15) is 4.75 Å². The van der Waals surface area contributed by atoms with Gasteiger partial charge >= 0.3 is 5.97 Å². The van der Waals surface area contributed by atoms with Gasteiger partial charge < -0.3 is 20.1 Å². The summed E-state index contributed by atoms with van der Waals surface area (Å²) >= 11 is 2.77. The zero-order valence-electron chi connectivity index (χ0n) is 20.5. The maximum atomic E-state index is 11.3. The second-order valence-corrected chi connectivity index (χ2v) is 11.7. The number of unbranched alkanes of at least 4 members (excludes halogenated alkanes) is 4. The Morgan fingerprint density at radius 3 is 2.71 bits per heavy atom. The number of carbonyl (C=O) groups is 1. The predicted molar refractivity (Wildman–Crippen MR) is 139 cm³/mol. The lowest BCUT2D eigenvalue weighted by Crippen LogP contribution is -2.37. The first kappa shape index (κ1) is 26.7. The van der Waals surface area contributed by atoms with Gasteiger partial charge in [-0.15, -0.1) is 11.3 Å². The second kappa shape index (κ2) is 13.3. The number of rotatable bonds is 14. The number of carboxylic acid groups (broad SMARTS) is 1. The summed E-state index contributed by atoms with van der Waals surface area (Å²) in [7, 11) is 0. The van der Waals surface area contributed by atoms with Crippen molar-refractivity contribution in [3.05, 3.63) is 23.0 Å². The van der Waals surface area contributed by atoms with Gasteiger partial charge in [-0.05, 0) is 26.7 Å². The first-order chi connectivity index (χ1) is 16.4. The number of aromatic nitrogens is 3. The van der Waals surface area contributed by atoms with E-state index in [0.717, 1.165) is 67.0 Å². The fourth-order valence-electron chi connectivity index (χ4n) is 3.66. The molecule has 3 heterocycles. The van der Waals surface area contributed by atoms with E-state index in [2.05, 4.69) is 27.1 Å². The van der Waals surface area contributed by atoms with Gasteiger partial charge in [0.05, 0.1) is 36.5 Å². The predicted octanol–water partition coefficient (Wildman–Crippen LogP) is 4.89. The lowest BCUT2D eigenvalue weighted by atomic mass is 10.1. The monoisotopic (exact) mass is 507 g/mol. The van der Waals surface area contributed by atoms with Gasteiger partial charge in [-0.1, -0.05) is 44.4 Å². The summed E-state index contributed by atoms with van der Waals surface area (Å²) in [5, 5.41) is 14.7. The third-order valence-electron chi connectivity index (χ3n) is 5.77. The average molecular weight is 508 g/mol. The van der Waals surface area contributed by atoms with E-state index >= 15 is 0 Å². The van der Waals surface area contributed by atoms with Crippen LogP contribution < -0.4 is 10.2 Å². The molecule has 2 aromatic rings.